The highest BCUT2D eigenvalue weighted by Gasteiger charge is 2.20. The Labute approximate surface area is 141 Å². The maximum Gasteiger partial charge on any atom is 0.321 e. The minimum Gasteiger partial charge on any atom is -0.438 e. The fourth-order valence-corrected chi connectivity index (χ4v) is 2.74. The summed E-state index contributed by atoms with van der Waals surface area (Å²) in [4.78, 5) is 14.2. The number of piperidine rings is 1. The van der Waals surface area contributed by atoms with Gasteiger partial charge in [-0.15, -0.1) is 5.10 Å². The number of benzene rings is 1. The molecule has 1 aliphatic rings. The number of carbonyl (C=O) groups is 1. The second-order valence-corrected chi connectivity index (χ2v) is 6.26. The average Bonchev–Trinajstić information content (AvgIpc) is 2.59. The Hall–Kier alpha value is -2.63. The topological polar surface area (TPSA) is 67.3 Å². The smallest absolute Gasteiger partial charge is 0.321 e. The lowest BCUT2D eigenvalue weighted by Gasteiger charge is -2.30. The number of carbonyl (C=O) groups excluding carboxylic acids is 1. The van der Waals surface area contributed by atoms with Crippen molar-refractivity contribution < 1.29 is 9.53 Å². The quantitative estimate of drug-likeness (QED) is 0.930. The number of ether oxygens (including phenoxy) is 1. The molecule has 0 aliphatic carbocycles. The molecule has 0 saturated carbocycles. The number of aromatic nitrogens is 2. The molecule has 1 unspecified atom stereocenters. The molecule has 1 saturated heterocycles. The van der Waals surface area contributed by atoms with E-state index in [1.807, 2.05) is 30.0 Å². The van der Waals surface area contributed by atoms with Crippen molar-refractivity contribution in [1.29, 1.82) is 0 Å². The molecule has 0 bridgehead atoms. The van der Waals surface area contributed by atoms with Crippen LogP contribution in [0.2, 0.25) is 0 Å². The fourth-order valence-electron chi connectivity index (χ4n) is 2.74. The molecule has 6 nitrogen and oxygen atoms in total. The van der Waals surface area contributed by atoms with Crippen molar-refractivity contribution in [1.82, 2.24) is 15.1 Å². The number of nitrogens with zero attached hydrogens (tertiary/aromatic N) is 3. The van der Waals surface area contributed by atoms with Gasteiger partial charge >= 0.3 is 6.03 Å². The van der Waals surface area contributed by atoms with Gasteiger partial charge in [0.1, 0.15) is 5.75 Å². The Balaban J connectivity index is 1.58. The summed E-state index contributed by atoms with van der Waals surface area (Å²) in [7, 11) is 0. The van der Waals surface area contributed by atoms with E-state index in [9.17, 15) is 4.79 Å². The second kappa shape index (κ2) is 7.29. The van der Waals surface area contributed by atoms with Crippen LogP contribution in [-0.4, -0.2) is 34.2 Å². The first-order valence-electron chi connectivity index (χ1n) is 8.24. The van der Waals surface area contributed by atoms with Gasteiger partial charge in [0.25, 0.3) is 0 Å². The predicted molar refractivity (Wildman–Crippen MR) is 92.3 cm³/mol. The van der Waals surface area contributed by atoms with Crippen LogP contribution >= 0.6 is 0 Å². The van der Waals surface area contributed by atoms with Gasteiger partial charge in [-0.2, -0.15) is 5.10 Å². The summed E-state index contributed by atoms with van der Waals surface area (Å²) in [6, 6.07) is 10.8. The third kappa shape index (κ3) is 4.22. The lowest BCUT2D eigenvalue weighted by molar-refractivity contribution is 0.182. The van der Waals surface area contributed by atoms with Crippen LogP contribution in [0.5, 0.6) is 11.6 Å². The molecule has 1 aromatic carbocycles. The summed E-state index contributed by atoms with van der Waals surface area (Å²) in [5.74, 6) is 1.66. The average molecular weight is 326 g/mol. The van der Waals surface area contributed by atoms with E-state index in [-0.39, 0.29) is 6.03 Å². The highest BCUT2D eigenvalue weighted by atomic mass is 16.5. The maximum atomic E-state index is 12.3. The minimum absolute atomic E-state index is 0.0420. The number of anilines is 1. The SMILES string of the molecule is Cc1ccc(Oc2ccc(NC(=O)N3CCCC(C)C3)cc2)nn1. The van der Waals surface area contributed by atoms with Gasteiger partial charge in [-0.1, -0.05) is 6.92 Å². The van der Waals surface area contributed by atoms with Gasteiger partial charge in [0, 0.05) is 24.8 Å². The molecule has 2 amide bonds. The molecule has 0 radical (unpaired) electrons. The summed E-state index contributed by atoms with van der Waals surface area (Å²) in [5.41, 5.74) is 1.59. The third-order valence-corrected chi connectivity index (χ3v) is 4.05. The van der Waals surface area contributed by atoms with E-state index >= 15 is 0 Å². The lowest BCUT2D eigenvalue weighted by Crippen LogP contribution is -2.41. The van der Waals surface area contributed by atoms with Crippen molar-refractivity contribution in [2.45, 2.75) is 26.7 Å². The number of urea groups is 1. The van der Waals surface area contributed by atoms with Gasteiger partial charge in [0.15, 0.2) is 0 Å². The van der Waals surface area contributed by atoms with E-state index in [0.717, 1.165) is 30.9 Å². The maximum absolute atomic E-state index is 12.3. The molecule has 24 heavy (non-hydrogen) atoms. The Morgan fingerprint density at radius 3 is 2.67 bits per heavy atom. The van der Waals surface area contributed by atoms with Crippen molar-refractivity contribution in [2.24, 2.45) is 5.92 Å². The van der Waals surface area contributed by atoms with Gasteiger partial charge in [-0.05, 0) is 56.0 Å². The molecule has 1 aromatic heterocycles. The largest absolute Gasteiger partial charge is 0.438 e. The van der Waals surface area contributed by atoms with Crippen LogP contribution < -0.4 is 10.1 Å². The van der Waals surface area contributed by atoms with Crippen LogP contribution in [0.25, 0.3) is 0 Å². The number of hydrogen-bond acceptors (Lipinski definition) is 4. The van der Waals surface area contributed by atoms with Crippen LogP contribution in [0.3, 0.4) is 0 Å². The molecule has 1 aliphatic heterocycles. The summed E-state index contributed by atoms with van der Waals surface area (Å²) in [6.45, 7) is 5.69. The van der Waals surface area contributed by atoms with E-state index in [2.05, 4.69) is 22.4 Å². The fraction of sp³-hybridized carbons (Fsp3) is 0.389. The van der Waals surface area contributed by atoms with E-state index in [4.69, 9.17) is 4.74 Å². The van der Waals surface area contributed by atoms with Crippen LogP contribution in [-0.2, 0) is 0 Å². The molecule has 2 aromatic rings. The third-order valence-electron chi connectivity index (χ3n) is 4.05. The van der Waals surface area contributed by atoms with Crippen molar-refractivity contribution in [3.8, 4) is 11.6 Å². The highest BCUT2D eigenvalue weighted by molar-refractivity contribution is 5.89. The van der Waals surface area contributed by atoms with Crippen molar-refractivity contribution in [3.05, 3.63) is 42.1 Å². The zero-order chi connectivity index (χ0) is 16.9. The molecular formula is C18H22N4O2. The van der Waals surface area contributed by atoms with Gasteiger partial charge in [-0.3, -0.25) is 0 Å². The minimum atomic E-state index is -0.0420. The molecule has 6 heteroatoms. The van der Waals surface area contributed by atoms with E-state index in [1.165, 1.54) is 6.42 Å². The van der Waals surface area contributed by atoms with Crippen molar-refractivity contribution in [3.63, 3.8) is 0 Å². The monoisotopic (exact) mass is 326 g/mol. The number of rotatable bonds is 3. The van der Waals surface area contributed by atoms with Crippen LogP contribution in [0.4, 0.5) is 10.5 Å². The molecule has 126 valence electrons. The number of aryl methyl sites for hydroxylation is 1. The first-order valence-corrected chi connectivity index (χ1v) is 8.24. The Morgan fingerprint density at radius 1 is 1.21 bits per heavy atom. The van der Waals surface area contributed by atoms with E-state index in [1.54, 1.807) is 18.2 Å². The number of nitrogens with one attached hydrogen (secondary N) is 1. The Kier molecular flexibility index (Phi) is 4.93. The van der Waals surface area contributed by atoms with Crippen LogP contribution in [0.15, 0.2) is 36.4 Å². The summed E-state index contributed by atoms with van der Waals surface area (Å²) >= 11 is 0. The van der Waals surface area contributed by atoms with Gasteiger partial charge in [0.2, 0.25) is 5.88 Å². The zero-order valence-corrected chi connectivity index (χ0v) is 14.0. The highest BCUT2D eigenvalue weighted by Crippen LogP contribution is 2.22. The second-order valence-electron chi connectivity index (χ2n) is 6.26. The summed E-state index contributed by atoms with van der Waals surface area (Å²) in [5, 5.41) is 10.9. The summed E-state index contributed by atoms with van der Waals surface area (Å²) in [6.07, 6.45) is 2.26. The predicted octanol–water partition coefficient (Wildman–Crippen LogP) is 3.84. The molecular weight excluding hydrogens is 304 g/mol. The van der Waals surface area contributed by atoms with Gasteiger partial charge < -0.3 is 15.0 Å². The van der Waals surface area contributed by atoms with Crippen molar-refractivity contribution >= 4 is 11.7 Å². The lowest BCUT2D eigenvalue weighted by atomic mass is 10.0. The number of hydrogen-bond donors (Lipinski definition) is 1. The van der Waals surface area contributed by atoms with E-state index < -0.39 is 0 Å². The Bertz CT molecular complexity index is 685. The first-order chi connectivity index (χ1) is 11.6. The first kappa shape index (κ1) is 16.2. The molecule has 1 N–H and O–H groups in total. The van der Waals surface area contributed by atoms with Gasteiger partial charge in [0.05, 0.1) is 5.69 Å². The normalized spacial score (nSPS) is 17.4. The summed E-state index contributed by atoms with van der Waals surface area (Å²) < 4.78 is 5.63. The zero-order valence-electron chi connectivity index (χ0n) is 14.0. The van der Waals surface area contributed by atoms with Crippen LogP contribution in [0.1, 0.15) is 25.5 Å². The molecule has 0 spiro atoms. The standard InChI is InChI=1S/C18H22N4O2/c1-13-4-3-11-22(12-13)18(23)19-15-6-8-16(9-7-15)24-17-10-5-14(2)20-21-17/h5-10,13H,3-4,11-12H2,1-2H3,(H,19,23). The number of amides is 2. The Morgan fingerprint density at radius 2 is 2.00 bits per heavy atom. The molecule has 1 atom stereocenters. The molecule has 1 fully saturated rings. The van der Waals surface area contributed by atoms with E-state index in [0.29, 0.717) is 17.5 Å². The molecule has 3 rings (SSSR count). The van der Waals surface area contributed by atoms with Crippen molar-refractivity contribution in [2.75, 3.05) is 18.4 Å². The number of likely N-dealkylation sites (tertiary alicyclic amines) is 1. The van der Waals surface area contributed by atoms with Gasteiger partial charge in [-0.25, -0.2) is 4.79 Å². The van der Waals surface area contributed by atoms with Crippen LogP contribution in [0, 0.1) is 12.8 Å². The molecule has 2 heterocycles.